The first-order chi connectivity index (χ1) is 25.5. The summed E-state index contributed by atoms with van der Waals surface area (Å²) in [5, 5.41) is 0. The Morgan fingerprint density at radius 3 is 1.28 bits per heavy atom. The highest BCUT2D eigenvalue weighted by Crippen LogP contribution is 2.67. The van der Waals surface area contributed by atoms with E-state index >= 15 is 0 Å². The highest BCUT2D eigenvalue weighted by Gasteiger charge is 2.46. The van der Waals surface area contributed by atoms with Crippen LogP contribution in [0.1, 0.15) is 113 Å². The molecule has 9 rings (SSSR count). The molecule has 53 heavy (non-hydrogen) atoms. The molecule has 0 saturated carbocycles. The van der Waals surface area contributed by atoms with Crippen LogP contribution >= 0.6 is 0 Å². The van der Waals surface area contributed by atoms with Crippen LogP contribution in [0.5, 0.6) is 34.5 Å². The smallest absolute Gasteiger partial charge is 0.231 e. The van der Waals surface area contributed by atoms with Crippen LogP contribution in [-0.2, 0) is 4.79 Å². The molecular formula is C46H46N3O4. The van der Waals surface area contributed by atoms with Gasteiger partial charge in [-0.05, 0) is 82.3 Å². The van der Waals surface area contributed by atoms with Crippen molar-refractivity contribution in [3.63, 3.8) is 0 Å². The summed E-state index contributed by atoms with van der Waals surface area (Å²) in [6, 6.07) is 29.2. The molecule has 7 heteroatoms. The molecule has 7 nitrogen and oxygen atoms in total. The van der Waals surface area contributed by atoms with Gasteiger partial charge in [-0.3, -0.25) is 14.6 Å². The van der Waals surface area contributed by atoms with Gasteiger partial charge < -0.3 is 19.1 Å². The third kappa shape index (κ3) is 5.03. The molecule has 0 unspecified atom stereocenters. The molecule has 0 spiro atoms. The van der Waals surface area contributed by atoms with Crippen LogP contribution in [0.4, 0.5) is 28.4 Å². The van der Waals surface area contributed by atoms with Gasteiger partial charge >= 0.3 is 0 Å². The summed E-state index contributed by atoms with van der Waals surface area (Å²) in [7, 11) is 0. The van der Waals surface area contributed by atoms with E-state index in [-0.39, 0.29) is 29.6 Å². The Morgan fingerprint density at radius 2 is 0.849 bits per heavy atom. The molecule has 5 aromatic carbocycles. The lowest BCUT2D eigenvalue weighted by Crippen LogP contribution is -2.53. The molecule has 4 heterocycles. The van der Waals surface area contributed by atoms with E-state index in [1.54, 1.807) is 0 Å². The topological polar surface area (TPSA) is 54.5 Å². The number of carbonyl (C=O) groups excluding carboxylic acids is 1. The number of anilines is 5. The summed E-state index contributed by atoms with van der Waals surface area (Å²) in [5.74, 6) is 5.19. The van der Waals surface area contributed by atoms with Gasteiger partial charge in [0.25, 0.3) is 0 Å². The molecule has 0 bridgehead atoms. The zero-order chi connectivity index (χ0) is 36.9. The first-order valence-corrected chi connectivity index (χ1v) is 19.0. The van der Waals surface area contributed by atoms with E-state index in [1.165, 1.54) is 16.8 Å². The average Bonchev–Trinajstić information content (AvgIpc) is 3.13. The summed E-state index contributed by atoms with van der Waals surface area (Å²) in [6.45, 7) is 18.4. The van der Waals surface area contributed by atoms with Gasteiger partial charge in [0.05, 0.1) is 5.69 Å². The third-order valence-corrected chi connectivity index (χ3v) is 11.0. The number of nitrogens with zero attached hydrogens (tertiary/aromatic N) is 3. The number of hydrogen-bond acceptors (Lipinski definition) is 6. The number of hydrogen-bond donors (Lipinski definition) is 0. The molecular weight excluding hydrogens is 659 g/mol. The molecule has 0 aromatic heterocycles. The van der Waals surface area contributed by atoms with Gasteiger partial charge in [0.2, 0.25) is 5.91 Å². The number of benzene rings is 5. The Labute approximate surface area is 312 Å². The summed E-state index contributed by atoms with van der Waals surface area (Å²) in [6.07, 6.45) is 1.20. The highest BCUT2D eigenvalue weighted by molar-refractivity contribution is 6.03. The van der Waals surface area contributed by atoms with Crippen molar-refractivity contribution in [2.45, 2.75) is 85.5 Å². The standard InChI is InChI=1S/C46H46N3O4/c1-25(2)30-13-9-14-31(26(3)4)41(30)47-22-21-40(50)48(42-32(27(5)6)15-10-16-33(42)28(7)8)46(47)29-23-38-45-39(24-29)53-37-20-12-18-35-44(37)49(45)43-34(51-35)17-11-19-36(43)52-38/h9-20,23-28H,21-22H2,1-8H3. The van der Waals surface area contributed by atoms with Crippen molar-refractivity contribution < 1.29 is 19.0 Å². The summed E-state index contributed by atoms with van der Waals surface area (Å²) in [5.41, 5.74) is 10.4. The van der Waals surface area contributed by atoms with Gasteiger partial charge in [0.15, 0.2) is 40.7 Å². The van der Waals surface area contributed by atoms with E-state index < -0.39 is 0 Å². The second-order valence-electron chi connectivity index (χ2n) is 15.8. The molecule has 269 valence electrons. The normalized spacial score (nSPS) is 15.6. The molecule has 1 fully saturated rings. The van der Waals surface area contributed by atoms with Gasteiger partial charge in [-0.15, -0.1) is 0 Å². The molecule has 0 aliphatic carbocycles. The van der Waals surface area contributed by atoms with E-state index in [9.17, 15) is 4.79 Å². The van der Waals surface area contributed by atoms with Crippen LogP contribution in [0.2, 0.25) is 0 Å². The average molecular weight is 705 g/mol. The first kappa shape index (κ1) is 33.4. The number of ether oxygens (including phenoxy) is 3. The Morgan fingerprint density at radius 1 is 0.472 bits per heavy atom. The second-order valence-corrected chi connectivity index (χ2v) is 15.8. The van der Waals surface area contributed by atoms with Crippen LogP contribution in [0.15, 0.2) is 84.9 Å². The lowest BCUT2D eigenvalue weighted by molar-refractivity contribution is -0.118. The van der Waals surface area contributed by atoms with Gasteiger partial charge in [-0.1, -0.05) is 104 Å². The zero-order valence-electron chi connectivity index (χ0n) is 31.8. The van der Waals surface area contributed by atoms with Gasteiger partial charge in [-0.25, -0.2) is 0 Å². The number of rotatable bonds is 7. The minimum atomic E-state index is 0.0748. The predicted octanol–water partition coefficient (Wildman–Crippen LogP) is 12.7. The molecule has 1 saturated heterocycles. The maximum Gasteiger partial charge on any atom is 0.231 e. The molecule has 1 radical (unpaired) electrons. The fourth-order valence-electron chi connectivity index (χ4n) is 8.54. The first-order valence-electron chi connectivity index (χ1n) is 19.0. The minimum absolute atomic E-state index is 0.0748. The highest BCUT2D eigenvalue weighted by atomic mass is 16.5. The van der Waals surface area contributed by atoms with E-state index in [2.05, 4.69) is 114 Å². The third-order valence-electron chi connectivity index (χ3n) is 11.0. The molecule has 4 aliphatic rings. The van der Waals surface area contributed by atoms with E-state index in [0.717, 1.165) is 57.1 Å². The second kappa shape index (κ2) is 12.3. The summed E-state index contributed by atoms with van der Waals surface area (Å²) >= 11 is 0. The van der Waals surface area contributed by atoms with E-state index in [4.69, 9.17) is 14.2 Å². The van der Waals surface area contributed by atoms with Gasteiger partial charge in [-0.2, -0.15) is 0 Å². The SMILES string of the molecule is CC(C)c1cccc(C(C)C)c1N1CCC(=O)N(c2c(C(C)C)cccc2C(C)C)[C]1c1cc2c3c(c1)Oc1cccc4c1N3c1c(cccc1O2)O4. The molecule has 4 aliphatic heterocycles. The number of para-hydroxylation sites is 4. The fourth-order valence-corrected chi connectivity index (χ4v) is 8.54. The Balaban J connectivity index is 1.33. The van der Waals surface area contributed by atoms with Crippen molar-refractivity contribution >= 4 is 34.3 Å². The van der Waals surface area contributed by atoms with Crippen LogP contribution < -0.4 is 28.9 Å². The van der Waals surface area contributed by atoms with Crippen LogP contribution in [0, 0.1) is 6.17 Å². The monoisotopic (exact) mass is 704 g/mol. The van der Waals surface area contributed by atoms with Crippen molar-refractivity contribution in [3.05, 3.63) is 119 Å². The van der Waals surface area contributed by atoms with Crippen LogP contribution in [-0.4, -0.2) is 12.5 Å². The molecule has 0 atom stereocenters. The van der Waals surface area contributed by atoms with E-state index in [1.807, 2.05) is 41.3 Å². The van der Waals surface area contributed by atoms with Crippen LogP contribution in [0.3, 0.4) is 0 Å². The van der Waals surface area contributed by atoms with Crippen molar-refractivity contribution in [2.75, 3.05) is 21.2 Å². The van der Waals surface area contributed by atoms with E-state index in [0.29, 0.717) is 36.0 Å². The van der Waals surface area contributed by atoms with Gasteiger partial charge in [0.1, 0.15) is 17.1 Å². The predicted molar refractivity (Wildman–Crippen MR) is 212 cm³/mol. The fraction of sp³-hybridized carbons (Fsp3) is 0.304. The Bertz CT molecular complexity index is 2180. The summed E-state index contributed by atoms with van der Waals surface area (Å²) < 4.78 is 20.0. The Hall–Kier alpha value is -5.43. The van der Waals surface area contributed by atoms with Crippen molar-refractivity contribution in [2.24, 2.45) is 0 Å². The largest absolute Gasteiger partial charge is 0.453 e. The lowest BCUT2D eigenvalue weighted by atomic mass is 9.88. The Kier molecular flexibility index (Phi) is 7.77. The van der Waals surface area contributed by atoms with Crippen LogP contribution in [0.25, 0.3) is 0 Å². The van der Waals surface area contributed by atoms with Gasteiger partial charge in [0, 0.05) is 24.2 Å². The minimum Gasteiger partial charge on any atom is -0.453 e. The molecule has 0 N–H and O–H groups in total. The molecule has 1 amide bonds. The summed E-state index contributed by atoms with van der Waals surface area (Å²) in [4.78, 5) is 21.5. The zero-order valence-corrected chi connectivity index (χ0v) is 31.8. The lowest BCUT2D eigenvalue weighted by Gasteiger charge is -2.47. The van der Waals surface area contributed by atoms with Crippen molar-refractivity contribution in [1.82, 2.24) is 0 Å². The van der Waals surface area contributed by atoms with Crippen molar-refractivity contribution in [3.8, 4) is 34.5 Å². The quantitative estimate of drug-likeness (QED) is 0.165. The van der Waals surface area contributed by atoms with Crippen molar-refractivity contribution in [1.29, 1.82) is 0 Å². The number of carbonyl (C=O) groups is 1. The maximum atomic E-state index is 14.8. The number of amides is 1. The maximum absolute atomic E-state index is 14.8. The molecule has 5 aromatic rings.